The van der Waals surface area contributed by atoms with Crippen LogP contribution in [0.5, 0.6) is 0 Å². The van der Waals surface area contributed by atoms with E-state index in [2.05, 4.69) is 4.72 Å². The van der Waals surface area contributed by atoms with E-state index in [1.807, 2.05) is 0 Å². The van der Waals surface area contributed by atoms with Crippen LogP contribution in [0.1, 0.15) is 9.75 Å². The van der Waals surface area contributed by atoms with Gasteiger partial charge < -0.3 is 14.6 Å². The molecule has 19 heavy (non-hydrogen) atoms. The minimum absolute atomic E-state index is 0.135. The van der Waals surface area contributed by atoms with Crippen LogP contribution in [0.2, 0.25) is 0 Å². The van der Waals surface area contributed by atoms with Gasteiger partial charge in [-0.05, 0) is 13.0 Å². The molecule has 0 aliphatic carbocycles. The monoisotopic (exact) mass is 309 g/mol. The Bertz CT molecular complexity index is 497. The molecular weight excluding hydrogens is 290 g/mol. The van der Waals surface area contributed by atoms with E-state index in [0.29, 0.717) is 16.4 Å². The van der Waals surface area contributed by atoms with Gasteiger partial charge in [-0.3, -0.25) is 0 Å². The lowest BCUT2D eigenvalue weighted by atomic mass is 10.4. The van der Waals surface area contributed by atoms with Crippen molar-refractivity contribution < 1.29 is 23.0 Å². The van der Waals surface area contributed by atoms with E-state index in [4.69, 9.17) is 14.6 Å². The highest BCUT2D eigenvalue weighted by molar-refractivity contribution is 7.89. The summed E-state index contributed by atoms with van der Waals surface area (Å²) in [6.07, 6.45) is -0.337. The van der Waals surface area contributed by atoms with Crippen LogP contribution >= 0.6 is 11.3 Å². The molecule has 0 saturated carbocycles. The Kier molecular flexibility index (Phi) is 6.37. The topological polar surface area (TPSA) is 84.9 Å². The molecule has 0 spiro atoms. The fourth-order valence-corrected chi connectivity index (χ4v) is 4.11. The molecule has 1 aromatic rings. The molecule has 0 radical (unpaired) electrons. The SMILES string of the molecule is COCC(CNS(=O)(=O)c1cc(CO)sc1C)OC. The maximum absolute atomic E-state index is 12.1. The van der Waals surface area contributed by atoms with E-state index in [1.54, 1.807) is 6.92 Å². The third-order valence-corrected chi connectivity index (χ3v) is 5.27. The summed E-state index contributed by atoms with van der Waals surface area (Å²) in [6, 6.07) is 1.49. The maximum atomic E-state index is 12.1. The summed E-state index contributed by atoms with van der Waals surface area (Å²) in [6.45, 7) is 1.99. The van der Waals surface area contributed by atoms with E-state index in [-0.39, 0.29) is 24.2 Å². The highest BCUT2D eigenvalue weighted by Crippen LogP contribution is 2.25. The van der Waals surface area contributed by atoms with Crippen molar-refractivity contribution in [3.8, 4) is 0 Å². The Morgan fingerprint density at radius 2 is 2.16 bits per heavy atom. The lowest BCUT2D eigenvalue weighted by Gasteiger charge is -2.15. The van der Waals surface area contributed by atoms with E-state index < -0.39 is 10.0 Å². The zero-order valence-electron chi connectivity index (χ0n) is 11.2. The number of hydrogen-bond acceptors (Lipinski definition) is 6. The van der Waals surface area contributed by atoms with Crippen molar-refractivity contribution in [2.45, 2.75) is 24.5 Å². The molecule has 0 aromatic carbocycles. The Morgan fingerprint density at radius 3 is 2.63 bits per heavy atom. The molecule has 0 bridgehead atoms. The van der Waals surface area contributed by atoms with Crippen molar-refractivity contribution in [3.05, 3.63) is 15.8 Å². The molecule has 110 valence electrons. The number of aryl methyl sites for hydroxylation is 1. The van der Waals surface area contributed by atoms with Crippen molar-refractivity contribution in [3.63, 3.8) is 0 Å². The van der Waals surface area contributed by atoms with Crippen LogP contribution in [-0.2, 0) is 26.1 Å². The summed E-state index contributed by atoms with van der Waals surface area (Å²) in [5.74, 6) is 0. The largest absolute Gasteiger partial charge is 0.391 e. The van der Waals surface area contributed by atoms with E-state index in [0.717, 1.165) is 0 Å². The second-order valence-corrected chi connectivity index (χ2v) is 7.03. The number of sulfonamides is 1. The average Bonchev–Trinajstić information content (AvgIpc) is 2.76. The van der Waals surface area contributed by atoms with Crippen LogP contribution in [0, 0.1) is 6.92 Å². The number of thiophene rings is 1. The normalized spacial score (nSPS) is 13.7. The lowest BCUT2D eigenvalue weighted by molar-refractivity contribution is 0.0320. The maximum Gasteiger partial charge on any atom is 0.241 e. The van der Waals surface area contributed by atoms with Gasteiger partial charge in [0.2, 0.25) is 10.0 Å². The molecule has 0 saturated heterocycles. The van der Waals surface area contributed by atoms with Crippen LogP contribution in [0.4, 0.5) is 0 Å². The molecule has 1 aromatic heterocycles. The Labute approximate surface area is 117 Å². The van der Waals surface area contributed by atoms with Gasteiger partial charge in [-0.15, -0.1) is 11.3 Å². The number of aliphatic hydroxyl groups excluding tert-OH is 1. The number of hydrogen-bond donors (Lipinski definition) is 2. The van der Waals surface area contributed by atoms with Gasteiger partial charge in [0.05, 0.1) is 24.2 Å². The standard InChI is InChI=1S/C11H19NO5S2/c1-8-11(4-10(6-13)18-8)19(14,15)12-5-9(17-3)7-16-2/h4,9,12-13H,5-7H2,1-3H3. The highest BCUT2D eigenvalue weighted by Gasteiger charge is 2.21. The van der Waals surface area contributed by atoms with Gasteiger partial charge >= 0.3 is 0 Å². The number of methoxy groups -OCH3 is 2. The quantitative estimate of drug-likeness (QED) is 0.730. The first-order valence-electron chi connectivity index (χ1n) is 5.66. The minimum Gasteiger partial charge on any atom is -0.391 e. The van der Waals surface area contributed by atoms with Crippen LogP contribution in [0.15, 0.2) is 11.0 Å². The van der Waals surface area contributed by atoms with Gasteiger partial charge in [0, 0.05) is 30.5 Å². The summed E-state index contributed by atoms with van der Waals surface area (Å²) >= 11 is 1.27. The first-order chi connectivity index (χ1) is 8.94. The molecule has 1 heterocycles. The van der Waals surface area contributed by atoms with Crippen LogP contribution in [0.3, 0.4) is 0 Å². The van der Waals surface area contributed by atoms with Crippen molar-refractivity contribution in [2.75, 3.05) is 27.4 Å². The molecule has 0 amide bonds. The van der Waals surface area contributed by atoms with E-state index >= 15 is 0 Å². The highest BCUT2D eigenvalue weighted by atomic mass is 32.2. The predicted octanol–water partition coefficient (Wildman–Crippen LogP) is 0.489. The molecule has 0 aliphatic rings. The first-order valence-corrected chi connectivity index (χ1v) is 7.96. The fraction of sp³-hybridized carbons (Fsp3) is 0.636. The van der Waals surface area contributed by atoms with Gasteiger partial charge in [0.25, 0.3) is 0 Å². The van der Waals surface area contributed by atoms with Crippen molar-refractivity contribution in [2.24, 2.45) is 0 Å². The Morgan fingerprint density at radius 1 is 1.47 bits per heavy atom. The zero-order chi connectivity index (χ0) is 14.5. The van der Waals surface area contributed by atoms with Gasteiger partial charge in [-0.1, -0.05) is 0 Å². The molecule has 2 N–H and O–H groups in total. The van der Waals surface area contributed by atoms with Crippen molar-refractivity contribution >= 4 is 21.4 Å². The molecule has 1 atom stereocenters. The number of ether oxygens (including phenoxy) is 2. The molecule has 8 heteroatoms. The molecule has 6 nitrogen and oxygen atoms in total. The van der Waals surface area contributed by atoms with Gasteiger partial charge in [0.1, 0.15) is 0 Å². The van der Waals surface area contributed by atoms with E-state index in [1.165, 1.54) is 31.6 Å². The van der Waals surface area contributed by atoms with Gasteiger partial charge in [0.15, 0.2) is 0 Å². The summed E-state index contributed by atoms with van der Waals surface area (Å²) in [4.78, 5) is 1.48. The summed E-state index contributed by atoms with van der Waals surface area (Å²) in [7, 11) is -0.567. The Balaban J connectivity index is 2.77. The van der Waals surface area contributed by atoms with E-state index in [9.17, 15) is 8.42 Å². The summed E-state index contributed by atoms with van der Waals surface area (Å²) in [5.41, 5.74) is 0. The third-order valence-electron chi connectivity index (χ3n) is 2.56. The van der Waals surface area contributed by atoms with Crippen molar-refractivity contribution in [1.82, 2.24) is 4.72 Å². The number of aliphatic hydroxyl groups is 1. The minimum atomic E-state index is -3.59. The third kappa shape index (κ3) is 4.51. The second kappa shape index (κ2) is 7.32. The Hall–Kier alpha value is -0.510. The molecular formula is C11H19NO5S2. The smallest absolute Gasteiger partial charge is 0.241 e. The van der Waals surface area contributed by atoms with Crippen LogP contribution < -0.4 is 4.72 Å². The van der Waals surface area contributed by atoms with Gasteiger partial charge in [-0.2, -0.15) is 0 Å². The van der Waals surface area contributed by atoms with Crippen LogP contribution in [0.25, 0.3) is 0 Å². The summed E-state index contributed by atoms with van der Waals surface area (Å²) in [5, 5.41) is 9.03. The predicted molar refractivity (Wildman–Crippen MR) is 72.8 cm³/mol. The molecule has 1 unspecified atom stereocenters. The van der Waals surface area contributed by atoms with Crippen LogP contribution in [-0.4, -0.2) is 47.0 Å². The fourth-order valence-electron chi connectivity index (χ4n) is 1.55. The average molecular weight is 309 g/mol. The number of rotatable bonds is 8. The molecule has 0 aliphatic heterocycles. The van der Waals surface area contributed by atoms with Crippen molar-refractivity contribution in [1.29, 1.82) is 0 Å². The second-order valence-electron chi connectivity index (χ2n) is 3.96. The number of nitrogens with one attached hydrogen (secondary N) is 1. The first kappa shape index (κ1) is 16.5. The summed E-state index contributed by atoms with van der Waals surface area (Å²) < 4.78 is 36.7. The molecule has 1 rings (SSSR count). The molecule has 0 fully saturated rings. The lowest BCUT2D eigenvalue weighted by Crippen LogP contribution is -2.35. The van der Waals surface area contributed by atoms with Gasteiger partial charge in [-0.25, -0.2) is 13.1 Å². The zero-order valence-corrected chi connectivity index (χ0v) is 12.8.